The van der Waals surface area contributed by atoms with Crippen molar-refractivity contribution in [3.05, 3.63) is 49.9 Å². The summed E-state index contributed by atoms with van der Waals surface area (Å²) < 4.78 is 5.71. The van der Waals surface area contributed by atoms with Gasteiger partial charge in [-0.15, -0.1) is 11.3 Å². The molecular weight excluding hydrogens is 416 g/mol. The molecule has 0 aliphatic carbocycles. The number of halogens is 1. The molecule has 0 radical (unpaired) electrons. The maximum Gasteiger partial charge on any atom is 0.307 e. The van der Waals surface area contributed by atoms with Crippen molar-refractivity contribution >= 4 is 39.1 Å². The van der Waals surface area contributed by atoms with Gasteiger partial charge in [-0.05, 0) is 30.5 Å². The summed E-state index contributed by atoms with van der Waals surface area (Å²) in [4.78, 5) is 29.7. The second-order valence-corrected chi connectivity index (χ2v) is 8.48. The second-order valence-electron chi connectivity index (χ2n) is 6.48. The van der Waals surface area contributed by atoms with E-state index in [1.54, 1.807) is 0 Å². The minimum atomic E-state index is -0.460. The lowest BCUT2D eigenvalue weighted by molar-refractivity contribution is -0.141. The fraction of sp³-hybridized carbons (Fsp3) is 0.421. The number of rotatable bonds is 7. The van der Waals surface area contributed by atoms with E-state index < -0.39 is 6.04 Å². The number of methoxy groups -OCH3 is 1. The summed E-state index contributed by atoms with van der Waals surface area (Å²) in [5.74, 6) is -0.113. The zero-order chi connectivity index (χ0) is 19.3. The van der Waals surface area contributed by atoms with Crippen LogP contribution in [0.3, 0.4) is 0 Å². The lowest BCUT2D eigenvalue weighted by atomic mass is 10.0. The molecule has 7 heteroatoms. The van der Waals surface area contributed by atoms with Crippen LogP contribution in [0.5, 0.6) is 0 Å². The quantitative estimate of drug-likeness (QED) is 0.648. The van der Waals surface area contributed by atoms with E-state index in [1.165, 1.54) is 18.4 Å². The van der Waals surface area contributed by atoms with E-state index in [1.807, 2.05) is 31.2 Å². The molecular formula is C19H23BrN2O3S. The summed E-state index contributed by atoms with van der Waals surface area (Å²) in [7, 11) is 1.34. The normalized spacial score (nSPS) is 12.1. The number of carbonyl (C=O) groups is 2. The predicted molar refractivity (Wildman–Crippen MR) is 106 cm³/mol. The van der Waals surface area contributed by atoms with Crippen molar-refractivity contribution < 1.29 is 14.3 Å². The summed E-state index contributed by atoms with van der Waals surface area (Å²) in [6.07, 6.45) is 0.914. The van der Waals surface area contributed by atoms with Crippen molar-refractivity contribution in [2.75, 3.05) is 7.11 Å². The van der Waals surface area contributed by atoms with Crippen LogP contribution in [-0.4, -0.2) is 24.0 Å². The molecule has 1 unspecified atom stereocenters. The van der Waals surface area contributed by atoms with Gasteiger partial charge in [-0.3, -0.25) is 9.59 Å². The zero-order valence-corrected chi connectivity index (χ0v) is 17.7. The Kier molecular flexibility index (Phi) is 7.34. The molecule has 0 aliphatic rings. The van der Waals surface area contributed by atoms with E-state index in [0.717, 1.165) is 27.2 Å². The summed E-state index contributed by atoms with van der Waals surface area (Å²) in [6, 6.07) is 7.05. The third-order valence-electron chi connectivity index (χ3n) is 3.81. The van der Waals surface area contributed by atoms with E-state index in [2.05, 4.69) is 40.1 Å². The second kappa shape index (κ2) is 9.28. The van der Waals surface area contributed by atoms with Gasteiger partial charge in [0.05, 0.1) is 30.3 Å². The van der Waals surface area contributed by atoms with Gasteiger partial charge in [0.2, 0.25) is 0 Å². The Labute approximate surface area is 166 Å². The molecule has 1 atom stereocenters. The summed E-state index contributed by atoms with van der Waals surface area (Å²) >= 11 is 4.81. The SMILES string of the molecule is COC(=O)CC(NC(=O)c1sc(CC(C)C)nc1C)c1ccc(Br)cc1. The highest BCUT2D eigenvalue weighted by atomic mass is 79.9. The van der Waals surface area contributed by atoms with Gasteiger partial charge in [-0.1, -0.05) is 41.9 Å². The Morgan fingerprint density at radius 2 is 1.92 bits per heavy atom. The van der Waals surface area contributed by atoms with Gasteiger partial charge < -0.3 is 10.1 Å². The van der Waals surface area contributed by atoms with Crippen molar-refractivity contribution in [2.45, 2.75) is 39.7 Å². The lowest BCUT2D eigenvalue weighted by Crippen LogP contribution is -2.30. The first-order chi connectivity index (χ1) is 12.3. The molecule has 1 N–H and O–H groups in total. The molecule has 140 valence electrons. The maximum atomic E-state index is 12.8. The number of nitrogens with one attached hydrogen (secondary N) is 1. The molecule has 5 nitrogen and oxygen atoms in total. The number of thiazole rings is 1. The molecule has 1 aromatic carbocycles. The van der Waals surface area contributed by atoms with Crippen molar-refractivity contribution in [3.8, 4) is 0 Å². The highest BCUT2D eigenvalue weighted by Gasteiger charge is 2.22. The van der Waals surface area contributed by atoms with Crippen LogP contribution < -0.4 is 5.32 Å². The summed E-state index contributed by atoms with van der Waals surface area (Å²) in [5.41, 5.74) is 1.56. The number of hydrogen-bond donors (Lipinski definition) is 1. The van der Waals surface area contributed by atoms with E-state index in [4.69, 9.17) is 4.74 Å². The van der Waals surface area contributed by atoms with Gasteiger partial charge in [-0.2, -0.15) is 0 Å². The smallest absolute Gasteiger partial charge is 0.307 e. The number of aryl methyl sites for hydroxylation is 1. The number of nitrogens with zero attached hydrogens (tertiary/aromatic N) is 1. The molecule has 1 amide bonds. The van der Waals surface area contributed by atoms with Gasteiger partial charge in [0, 0.05) is 10.9 Å². The molecule has 0 fully saturated rings. The number of carbonyl (C=O) groups excluding carboxylic acids is 2. The van der Waals surface area contributed by atoms with Crippen molar-refractivity contribution in [2.24, 2.45) is 5.92 Å². The Bertz CT molecular complexity index is 772. The van der Waals surface area contributed by atoms with Crippen LogP contribution in [0.2, 0.25) is 0 Å². The molecule has 1 heterocycles. The van der Waals surface area contributed by atoms with Crippen molar-refractivity contribution in [3.63, 3.8) is 0 Å². The van der Waals surface area contributed by atoms with E-state index in [0.29, 0.717) is 10.8 Å². The first-order valence-corrected chi connectivity index (χ1v) is 10.0. The third-order valence-corrected chi connectivity index (χ3v) is 5.51. The number of aromatic nitrogens is 1. The van der Waals surface area contributed by atoms with Crippen molar-refractivity contribution in [1.29, 1.82) is 0 Å². The Morgan fingerprint density at radius 1 is 1.27 bits per heavy atom. The van der Waals surface area contributed by atoms with Crippen LogP contribution in [0, 0.1) is 12.8 Å². The van der Waals surface area contributed by atoms with Crippen LogP contribution >= 0.6 is 27.3 Å². The zero-order valence-electron chi connectivity index (χ0n) is 15.3. The van der Waals surface area contributed by atoms with Crippen LogP contribution in [-0.2, 0) is 16.0 Å². The molecule has 0 bridgehead atoms. The fourth-order valence-corrected chi connectivity index (χ4v) is 3.96. The molecule has 0 aliphatic heterocycles. The van der Waals surface area contributed by atoms with E-state index in [9.17, 15) is 9.59 Å². The maximum absolute atomic E-state index is 12.8. The predicted octanol–water partition coefficient (Wildman–Crippen LogP) is 4.45. The van der Waals surface area contributed by atoms with Gasteiger partial charge in [-0.25, -0.2) is 4.98 Å². The number of benzene rings is 1. The third kappa shape index (κ3) is 5.64. The molecule has 0 saturated heterocycles. The summed E-state index contributed by atoms with van der Waals surface area (Å²) in [6.45, 7) is 6.08. The average Bonchev–Trinajstić information content (AvgIpc) is 2.94. The highest BCUT2D eigenvalue weighted by Crippen LogP contribution is 2.24. The summed E-state index contributed by atoms with van der Waals surface area (Å²) in [5, 5.41) is 3.91. The first-order valence-electron chi connectivity index (χ1n) is 8.39. The Hall–Kier alpha value is -1.73. The van der Waals surface area contributed by atoms with E-state index >= 15 is 0 Å². The van der Waals surface area contributed by atoms with Gasteiger partial charge in [0.1, 0.15) is 4.88 Å². The topological polar surface area (TPSA) is 68.3 Å². The number of hydrogen-bond acceptors (Lipinski definition) is 5. The molecule has 1 aromatic heterocycles. The van der Waals surface area contributed by atoms with Gasteiger partial charge in [0.15, 0.2) is 0 Å². The van der Waals surface area contributed by atoms with Gasteiger partial charge in [0.25, 0.3) is 5.91 Å². The van der Waals surface area contributed by atoms with Crippen LogP contribution in [0.4, 0.5) is 0 Å². The Balaban J connectivity index is 2.21. The van der Waals surface area contributed by atoms with E-state index in [-0.39, 0.29) is 18.3 Å². The first kappa shape index (κ1) is 20.6. The average molecular weight is 439 g/mol. The highest BCUT2D eigenvalue weighted by molar-refractivity contribution is 9.10. The van der Waals surface area contributed by atoms with Gasteiger partial charge >= 0.3 is 5.97 Å². The van der Waals surface area contributed by atoms with Crippen LogP contribution in [0.25, 0.3) is 0 Å². The molecule has 2 aromatic rings. The molecule has 0 saturated carbocycles. The molecule has 26 heavy (non-hydrogen) atoms. The minimum Gasteiger partial charge on any atom is -0.469 e. The number of ether oxygens (including phenoxy) is 1. The molecule has 2 rings (SSSR count). The lowest BCUT2D eigenvalue weighted by Gasteiger charge is -2.18. The number of esters is 1. The fourth-order valence-electron chi connectivity index (χ4n) is 2.52. The largest absolute Gasteiger partial charge is 0.469 e. The van der Waals surface area contributed by atoms with Crippen LogP contribution in [0.15, 0.2) is 28.7 Å². The minimum absolute atomic E-state index is 0.0700. The Morgan fingerprint density at radius 3 is 2.50 bits per heavy atom. The molecule has 0 spiro atoms. The standard InChI is InChI=1S/C19H23BrN2O3S/c1-11(2)9-16-21-12(3)18(26-16)19(24)22-15(10-17(23)25-4)13-5-7-14(20)8-6-13/h5-8,11,15H,9-10H2,1-4H3,(H,22,24). The number of amides is 1. The van der Waals surface area contributed by atoms with Crippen LogP contribution in [0.1, 0.15) is 52.2 Å². The van der Waals surface area contributed by atoms with Crippen molar-refractivity contribution in [1.82, 2.24) is 10.3 Å². The monoisotopic (exact) mass is 438 g/mol.